The Labute approximate surface area is 97.2 Å². The molecule has 3 heteroatoms. The number of ether oxygens (including phenoxy) is 1. The number of nitrogens with zero attached hydrogens (tertiary/aromatic N) is 1. The van der Waals surface area contributed by atoms with Crippen molar-refractivity contribution in [3.63, 3.8) is 0 Å². The molecule has 0 bridgehead atoms. The Morgan fingerprint density at radius 3 is 2.19 bits per heavy atom. The molecule has 0 radical (unpaired) electrons. The highest BCUT2D eigenvalue weighted by atomic mass is 16.5. The molecule has 3 nitrogen and oxygen atoms in total. The standard InChI is InChI=1S/C13H20N2O/c1-13(2,14)11-3-5-12(6-4-11)15-7-9-16-10-8-15/h3-6H,7-10,14H2,1-2H3. The van der Waals surface area contributed by atoms with Crippen LogP contribution in [0.1, 0.15) is 19.4 Å². The van der Waals surface area contributed by atoms with Crippen LogP contribution in [0.15, 0.2) is 24.3 Å². The van der Waals surface area contributed by atoms with Crippen LogP contribution in [0.25, 0.3) is 0 Å². The first-order valence-electron chi connectivity index (χ1n) is 5.79. The average Bonchev–Trinajstić information content (AvgIpc) is 2.29. The summed E-state index contributed by atoms with van der Waals surface area (Å²) < 4.78 is 5.34. The number of rotatable bonds is 2. The van der Waals surface area contributed by atoms with E-state index < -0.39 is 0 Å². The van der Waals surface area contributed by atoms with Gasteiger partial charge in [0.1, 0.15) is 0 Å². The first-order valence-corrected chi connectivity index (χ1v) is 5.79. The van der Waals surface area contributed by atoms with E-state index in [1.54, 1.807) is 0 Å². The van der Waals surface area contributed by atoms with Crippen molar-refractivity contribution in [3.05, 3.63) is 29.8 Å². The van der Waals surface area contributed by atoms with Crippen molar-refractivity contribution in [2.45, 2.75) is 19.4 Å². The summed E-state index contributed by atoms with van der Waals surface area (Å²) in [6.45, 7) is 7.65. The van der Waals surface area contributed by atoms with E-state index in [0.29, 0.717) is 0 Å². The molecule has 2 N–H and O–H groups in total. The van der Waals surface area contributed by atoms with Crippen molar-refractivity contribution >= 4 is 5.69 Å². The number of nitrogens with two attached hydrogens (primary N) is 1. The van der Waals surface area contributed by atoms with Crippen LogP contribution < -0.4 is 10.6 Å². The summed E-state index contributed by atoms with van der Waals surface area (Å²) in [6.07, 6.45) is 0. The van der Waals surface area contributed by atoms with Gasteiger partial charge in [-0.3, -0.25) is 0 Å². The molecule has 88 valence electrons. The minimum atomic E-state index is -0.260. The van der Waals surface area contributed by atoms with Crippen LogP contribution in [-0.2, 0) is 10.3 Å². The molecule has 0 saturated carbocycles. The van der Waals surface area contributed by atoms with Gasteiger partial charge in [0.2, 0.25) is 0 Å². The van der Waals surface area contributed by atoms with Gasteiger partial charge in [-0.05, 0) is 31.5 Å². The van der Waals surface area contributed by atoms with E-state index >= 15 is 0 Å². The van der Waals surface area contributed by atoms with Crippen molar-refractivity contribution in [1.29, 1.82) is 0 Å². The van der Waals surface area contributed by atoms with Gasteiger partial charge in [0.05, 0.1) is 13.2 Å². The average molecular weight is 220 g/mol. The van der Waals surface area contributed by atoms with E-state index in [1.807, 2.05) is 13.8 Å². The lowest BCUT2D eigenvalue weighted by Gasteiger charge is -2.29. The Hall–Kier alpha value is -1.06. The van der Waals surface area contributed by atoms with Crippen LogP contribution in [0.3, 0.4) is 0 Å². The fourth-order valence-corrected chi connectivity index (χ4v) is 1.92. The first kappa shape index (κ1) is 11.4. The molecular formula is C13H20N2O. The molecule has 1 fully saturated rings. The fraction of sp³-hybridized carbons (Fsp3) is 0.538. The van der Waals surface area contributed by atoms with Crippen molar-refractivity contribution < 1.29 is 4.74 Å². The Morgan fingerprint density at radius 1 is 1.12 bits per heavy atom. The Balaban J connectivity index is 2.12. The second-order valence-electron chi connectivity index (χ2n) is 4.87. The normalized spacial score (nSPS) is 17.6. The highest BCUT2D eigenvalue weighted by molar-refractivity contribution is 5.48. The van der Waals surface area contributed by atoms with Gasteiger partial charge in [0.25, 0.3) is 0 Å². The molecule has 1 aliphatic heterocycles. The Kier molecular flexibility index (Phi) is 3.17. The van der Waals surface area contributed by atoms with E-state index in [9.17, 15) is 0 Å². The SMILES string of the molecule is CC(C)(N)c1ccc(N2CCOCC2)cc1. The van der Waals surface area contributed by atoms with Crippen molar-refractivity contribution in [2.24, 2.45) is 5.73 Å². The van der Waals surface area contributed by atoms with Crippen LogP contribution >= 0.6 is 0 Å². The van der Waals surface area contributed by atoms with Crippen LogP contribution in [0.2, 0.25) is 0 Å². The van der Waals surface area contributed by atoms with E-state index in [0.717, 1.165) is 26.3 Å². The van der Waals surface area contributed by atoms with E-state index in [1.165, 1.54) is 11.3 Å². The first-order chi connectivity index (χ1) is 7.57. The number of hydrogen-bond donors (Lipinski definition) is 1. The third-order valence-corrected chi connectivity index (χ3v) is 2.99. The van der Waals surface area contributed by atoms with E-state index in [-0.39, 0.29) is 5.54 Å². The number of morpholine rings is 1. The van der Waals surface area contributed by atoms with Gasteiger partial charge in [0, 0.05) is 24.3 Å². The number of benzene rings is 1. The molecule has 0 aromatic heterocycles. The molecule has 0 amide bonds. The third-order valence-electron chi connectivity index (χ3n) is 2.99. The van der Waals surface area contributed by atoms with Gasteiger partial charge in [0.15, 0.2) is 0 Å². The zero-order valence-corrected chi connectivity index (χ0v) is 10.1. The lowest BCUT2D eigenvalue weighted by Crippen LogP contribution is -2.36. The molecule has 1 aromatic rings. The summed E-state index contributed by atoms with van der Waals surface area (Å²) in [5.41, 5.74) is 8.22. The van der Waals surface area contributed by atoms with Crippen molar-refractivity contribution in [2.75, 3.05) is 31.2 Å². The highest BCUT2D eigenvalue weighted by Crippen LogP contribution is 2.21. The van der Waals surface area contributed by atoms with Crippen LogP contribution in [0, 0.1) is 0 Å². The molecule has 0 unspecified atom stereocenters. The molecule has 2 rings (SSSR count). The molecule has 16 heavy (non-hydrogen) atoms. The third kappa shape index (κ3) is 2.54. The predicted octanol–water partition coefficient (Wildman–Crippen LogP) is 1.72. The van der Waals surface area contributed by atoms with Gasteiger partial charge >= 0.3 is 0 Å². The zero-order chi connectivity index (χ0) is 11.6. The van der Waals surface area contributed by atoms with Crippen LogP contribution in [0.4, 0.5) is 5.69 Å². The van der Waals surface area contributed by atoms with Gasteiger partial charge in [-0.15, -0.1) is 0 Å². The topological polar surface area (TPSA) is 38.5 Å². The lowest BCUT2D eigenvalue weighted by molar-refractivity contribution is 0.122. The summed E-state index contributed by atoms with van der Waals surface area (Å²) in [5, 5.41) is 0. The molecule has 1 saturated heterocycles. The monoisotopic (exact) mass is 220 g/mol. The zero-order valence-electron chi connectivity index (χ0n) is 10.1. The number of hydrogen-bond acceptors (Lipinski definition) is 3. The van der Waals surface area contributed by atoms with E-state index in [2.05, 4.69) is 29.2 Å². The summed E-state index contributed by atoms with van der Waals surface area (Å²) in [5.74, 6) is 0. The minimum absolute atomic E-state index is 0.260. The Morgan fingerprint density at radius 2 is 1.69 bits per heavy atom. The smallest absolute Gasteiger partial charge is 0.0642 e. The molecule has 0 spiro atoms. The van der Waals surface area contributed by atoms with Crippen LogP contribution in [0.5, 0.6) is 0 Å². The fourth-order valence-electron chi connectivity index (χ4n) is 1.92. The second-order valence-corrected chi connectivity index (χ2v) is 4.87. The maximum atomic E-state index is 6.05. The molecule has 1 heterocycles. The quantitative estimate of drug-likeness (QED) is 0.824. The minimum Gasteiger partial charge on any atom is -0.378 e. The molecule has 0 atom stereocenters. The summed E-state index contributed by atoms with van der Waals surface area (Å²) in [4.78, 5) is 2.34. The molecule has 0 aliphatic carbocycles. The largest absolute Gasteiger partial charge is 0.378 e. The lowest BCUT2D eigenvalue weighted by atomic mass is 9.95. The van der Waals surface area contributed by atoms with Gasteiger partial charge in [-0.1, -0.05) is 12.1 Å². The van der Waals surface area contributed by atoms with Gasteiger partial charge in [-0.25, -0.2) is 0 Å². The molecule has 1 aliphatic rings. The van der Waals surface area contributed by atoms with Crippen molar-refractivity contribution in [1.82, 2.24) is 0 Å². The predicted molar refractivity (Wildman–Crippen MR) is 66.7 cm³/mol. The maximum Gasteiger partial charge on any atom is 0.0642 e. The highest BCUT2D eigenvalue weighted by Gasteiger charge is 2.15. The molecule has 1 aromatic carbocycles. The summed E-state index contributed by atoms with van der Waals surface area (Å²) >= 11 is 0. The van der Waals surface area contributed by atoms with E-state index in [4.69, 9.17) is 10.5 Å². The number of anilines is 1. The molecular weight excluding hydrogens is 200 g/mol. The van der Waals surface area contributed by atoms with Crippen molar-refractivity contribution in [3.8, 4) is 0 Å². The van der Waals surface area contributed by atoms with Crippen LogP contribution in [-0.4, -0.2) is 26.3 Å². The second kappa shape index (κ2) is 4.44. The maximum absolute atomic E-state index is 6.05. The Bertz CT molecular complexity index is 334. The van der Waals surface area contributed by atoms with Gasteiger partial charge < -0.3 is 15.4 Å². The summed E-state index contributed by atoms with van der Waals surface area (Å²) in [6, 6.07) is 8.53. The summed E-state index contributed by atoms with van der Waals surface area (Å²) in [7, 11) is 0. The van der Waals surface area contributed by atoms with Gasteiger partial charge in [-0.2, -0.15) is 0 Å².